The first kappa shape index (κ1) is 18.6. The molecule has 4 bridgehead atoms. The van der Waals surface area contributed by atoms with Gasteiger partial charge in [0.1, 0.15) is 5.75 Å². The molecule has 5 heteroatoms. The lowest BCUT2D eigenvalue weighted by Gasteiger charge is -2.55. The lowest BCUT2D eigenvalue weighted by molar-refractivity contribution is -0.125. The van der Waals surface area contributed by atoms with Gasteiger partial charge in [-0.2, -0.15) is 0 Å². The van der Waals surface area contributed by atoms with Gasteiger partial charge >= 0.3 is 0 Å². The highest BCUT2D eigenvalue weighted by molar-refractivity contribution is 5.76. The van der Waals surface area contributed by atoms with Gasteiger partial charge in [-0.15, -0.1) is 0 Å². The minimum Gasteiger partial charge on any atom is -0.493 e. The molecule has 4 heterocycles. The van der Waals surface area contributed by atoms with E-state index in [1.807, 2.05) is 30.3 Å². The Balaban J connectivity index is 1.32. The number of rotatable bonds is 6. The number of carbonyl (C=O) groups excluding carboxylic acids is 1. The van der Waals surface area contributed by atoms with Gasteiger partial charge in [-0.3, -0.25) is 4.79 Å². The van der Waals surface area contributed by atoms with Gasteiger partial charge in [-0.05, 0) is 17.7 Å². The summed E-state index contributed by atoms with van der Waals surface area (Å²) in [6.45, 7) is 6.88. The van der Waals surface area contributed by atoms with Crippen LogP contribution in [0.4, 0.5) is 0 Å². The standard InChI is InChI=1S/C24H29N3O2/c28-22(11-14-29-21-9-5-2-6-10-21)25-23-19-15-26-12-13-27(16-19)18-24(23,17-26)20-7-3-1-4-8-20/h1-10,19,23H,11-18H2,(H,25,28). The molecule has 4 fully saturated rings. The van der Waals surface area contributed by atoms with Crippen LogP contribution in [0.25, 0.3) is 0 Å². The Hall–Kier alpha value is -2.37. The largest absolute Gasteiger partial charge is 0.493 e. The van der Waals surface area contributed by atoms with Crippen molar-refractivity contribution < 1.29 is 9.53 Å². The Labute approximate surface area is 172 Å². The third-order valence-corrected chi connectivity index (χ3v) is 6.80. The van der Waals surface area contributed by atoms with Crippen LogP contribution in [-0.2, 0) is 10.2 Å². The van der Waals surface area contributed by atoms with Crippen molar-refractivity contribution in [3.63, 3.8) is 0 Å². The van der Waals surface area contributed by atoms with Gasteiger partial charge in [0.15, 0.2) is 0 Å². The summed E-state index contributed by atoms with van der Waals surface area (Å²) in [6.07, 6.45) is 0.385. The molecule has 1 amide bonds. The smallest absolute Gasteiger partial charge is 0.223 e. The highest BCUT2D eigenvalue weighted by Gasteiger charge is 2.55. The molecule has 2 aromatic rings. The number of fused-ring (bicyclic) bond motifs is 1. The number of hydrogen-bond donors (Lipinski definition) is 1. The molecule has 5 nitrogen and oxygen atoms in total. The summed E-state index contributed by atoms with van der Waals surface area (Å²) in [5.74, 6) is 1.38. The number of ether oxygens (including phenoxy) is 1. The molecule has 4 aliphatic heterocycles. The molecule has 0 spiro atoms. The van der Waals surface area contributed by atoms with Crippen molar-refractivity contribution in [2.75, 3.05) is 45.9 Å². The number of carbonyl (C=O) groups is 1. The zero-order chi connectivity index (χ0) is 19.7. The summed E-state index contributed by atoms with van der Waals surface area (Å²) in [4.78, 5) is 18.1. The maximum atomic E-state index is 12.9. The van der Waals surface area contributed by atoms with Crippen LogP contribution in [0.5, 0.6) is 5.75 Å². The van der Waals surface area contributed by atoms with E-state index in [0.29, 0.717) is 18.9 Å². The first-order valence-corrected chi connectivity index (χ1v) is 10.7. The van der Waals surface area contributed by atoms with Crippen molar-refractivity contribution in [2.45, 2.75) is 17.9 Å². The summed E-state index contributed by atoms with van der Waals surface area (Å²) in [5.41, 5.74) is 1.32. The second-order valence-corrected chi connectivity index (χ2v) is 8.71. The first-order valence-electron chi connectivity index (χ1n) is 10.7. The third-order valence-electron chi connectivity index (χ3n) is 6.80. The van der Waals surface area contributed by atoms with E-state index in [1.165, 1.54) is 5.56 Å². The van der Waals surface area contributed by atoms with Crippen molar-refractivity contribution in [1.82, 2.24) is 15.1 Å². The average Bonchev–Trinajstić information content (AvgIpc) is 3.00. The third kappa shape index (κ3) is 3.65. The molecule has 4 saturated heterocycles. The predicted molar refractivity (Wildman–Crippen MR) is 113 cm³/mol. The Kier molecular flexibility index (Phi) is 5.02. The number of para-hydroxylation sites is 1. The van der Waals surface area contributed by atoms with Gasteiger partial charge in [0, 0.05) is 56.6 Å². The van der Waals surface area contributed by atoms with Crippen LogP contribution in [0.2, 0.25) is 0 Å². The minimum absolute atomic E-state index is 0.0329. The molecule has 4 aliphatic rings. The Morgan fingerprint density at radius 3 is 2.24 bits per heavy atom. The lowest BCUT2D eigenvalue weighted by Crippen LogP contribution is -2.70. The quantitative estimate of drug-likeness (QED) is 0.820. The summed E-state index contributed by atoms with van der Waals surface area (Å²) in [6, 6.07) is 20.7. The fraction of sp³-hybridized carbons (Fsp3) is 0.458. The predicted octanol–water partition coefficient (Wildman–Crippen LogP) is 2.14. The summed E-state index contributed by atoms with van der Waals surface area (Å²) < 4.78 is 5.74. The Bertz CT molecular complexity index is 826. The zero-order valence-electron chi connectivity index (χ0n) is 16.8. The van der Waals surface area contributed by atoms with E-state index in [0.717, 1.165) is 45.0 Å². The van der Waals surface area contributed by atoms with Crippen LogP contribution in [0.15, 0.2) is 60.7 Å². The number of hydrogen-bond acceptors (Lipinski definition) is 4. The summed E-state index contributed by atoms with van der Waals surface area (Å²) >= 11 is 0. The van der Waals surface area contributed by atoms with Gasteiger partial charge in [0.2, 0.25) is 5.91 Å². The van der Waals surface area contributed by atoms with E-state index in [9.17, 15) is 4.79 Å². The van der Waals surface area contributed by atoms with Gasteiger partial charge in [0.25, 0.3) is 0 Å². The Morgan fingerprint density at radius 2 is 1.59 bits per heavy atom. The fourth-order valence-corrected chi connectivity index (χ4v) is 5.59. The van der Waals surface area contributed by atoms with Crippen molar-refractivity contribution in [3.8, 4) is 5.75 Å². The van der Waals surface area contributed by atoms with Crippen molar-refractivity contribution >= 4 is 5.91 Å². The Morgan fingerprint density at radius 1 is 0.966 bits per heavy atom. The zero-order valence-corrected chi connectivity index (χ0v) is 16.8. The molecule has 29 heavy (non-hydrogen) atoms. The SMILES string of the molecule is O=C(CCOc1ccccc1)NC1C2CN3CCN(C2)CC1(c1ccccc1)C3. The second-order valence-electron chi connectivity index (χ2n) is 8.71. The summed E-state index contributed by atoms with van der Waals surface area (Å²) in [7, 11) is 0. The van der Waals surface area contributed by atoms with Crippen LogP contribution in [0, 0.1) is 5.92 Å². The van der Waals surface area contributed by atoms with Gasteiger partial charge in [0.05, 0.1) is 13.0 Å². The highest BCUT2D eigenvalue weighted by atomic mass is 16.5. The van der Waals surface area contributed by atoms with Crippen LogP contribution in [0.3, 0.4) is 0 Å². The average molecular weight is 392 g/mol. The number of nitrogens with one attached hydrogen (secondary N) is 1. The number of amides is 1. The lowest BCUT2D eigenvalue weighted by atomic mass is 9.64. The van der Waals surface area contributed by atoms with E-state index in [2.05, 4.69) is 45.4 Å². The van der Waals surface area contributed by atoms with E-state index >= 15 is 0 Å². The molecule has 6 rings (SSSR count). The second kappa shape index (κ2) is 7.81. The molecule has 0 aromatic heterocycles. The topological polar surface area (TPSA) is 44.8 Å². The molecule has 0 radical (unpaired) electrons. The fourth-order valence-electron chi connectivity index (χ4n) is 5.59. The molecule has 0 aliphatic carbocycles. The summed E-state index contributed by atoms with van der Waals surface area (Å²) in [5, 5.41) is 3.44. The maximum absolute atomic E-state index is 12.9. The normalized spacial score (nSPS) is 32.6. The van der Waals surface area contributed by atoms with E-state index in [-0.39, 0.29) is 17.4 Å². The number of nitrogens with zero attached hydrogens (tertiary/aromatic N) is 2. The molecule has 3 unspecified atom stereocenters. The van der Waals surface area contributed by atoms with E-state index < -0.39 is 0 Å². The number of piperidine rings is 2. The van der Waals surface area contributed by atoms with E-state index in [4.69, 9.17) is 4.74 Å². The molecule has 2 aromatic carbocycles. The molecular formula is C24H29N3O2. The van der Waals surface area contributed by atoms with Gasteiger partial charge in [-0.1, -0.05) is 48.5 Å². The molecule has 1 N–H and O–H groups in total. The van der Waals surface area contributed by atoms with Gasteiger partial charge in [-0.25, -0.2) is 0 Å². The monoisotopic (exact) mass is 391 g/mol. The first-order chi connectivity index (χ1) is 14.2. The van der Waals surface area contributed by atoms with E-state index in [1.54, 1.807) is 0 Å². The number of benzene rings is 2. The maximum Gasteiger partial charge on any atom is 0.223 e. The van der Waals surface area contributed by atoms with Crippen LogP contribution >= 0.6 is 0 Å². The van der Waals surface area contributed by atoms with Crippen molar-refractivity contribution in [2.24, 2.45) is 5.92 Å². The molecule has 152 valence electrons. The highest BCUT2D eigenvalue weighted by Crippen LogP contribution is 2.43. The van der Waals surface area contributed by atoms with Crippen molar-refractivity contribution in [1.29, 1.82) is 0 Å². The minimum atomic E-state index is -0.0329. The van der Waals surface area contributed by atoms with Crippen LogP contribution in [-0.4, -0.2) is 67.6 Å². The molecule has 0 saturated carbocycles. The molecular weight excluding hydrogens is 362 g/mol. The van der Waals surface area contributed by atoms with Crippen LogP contribution in [0.1, 0.15) is 12.0 Å². The van der Waals surface area contributed by atoms with Gasteiger partial charge < -0.3 is 19.9 Å². The van der Waals surface area contributed by atoms with Crippen LogP contribution < -0.4 is 10.1 Å². The molecule has 3 atom stereocenters. The van der Waals surface area contributed by atoms with Crippen molar-refractivity contribution in [3.05, 3.63) is 66.2 Å².